The molecule has 0 aromatic heterocycles. The predicted octanol–water partition coefficient (Wildman–Crippen LogP) is 3.84. The number of benzene rings is 2. The largest absolute Gasteiger partial charge is 0.352 e. The molecule has 29 heavy (non-hydrogen) atoms. The van der Waals surface area contributed by atoms with E-state index >= 15 is 0 Å². The zero-order chi connectivity index (χ0) is 20.9. The number of rotatable bonds is 6. The predicted molar refractivity (Wildman–Crippen MR) is 116 cm³/mol. The van der Waals surface area contributed by atoms with Gasteiger partial charge in [0.15, 0.2) is 0 Å². The Bertz CT molecular complexity index is 945. The van der Waals surface area contributed by atoms with Gasteiger partial charge in [0, 0.05) is 25.2 Å². The Labute approximate surface area is 174 Å². The summed E-state index contributed by atoms with van der Waals surface area (Å²) in [6.45, 7) is 5.73. The van der Waals surface area contributed by atoms with Gasteiger partial charge in [0.05, 0.1) is 4.90 Å². The van der Waals surface area contributed by atoms with Gasteiger partial charge in [0.2, 0.25) is 10.0 Å². The molecular formula is C23H30N2O3S. The summed E-state index contributed by atoms with van der Waals surface area (Å²) in [6, 6.07) is 12.7. The molecule has 1 fully saturated rings. The Morgan fingerprint density at radius 2 is 1.59 bits per heavy atom. The van der Waals surface area contributed by atoms with Crippen molar-refractivity contribution in [2.24, 2.45) is 0 Å². The van der Waals surface area contributed by atoms with Crippen LogP contribution in [0, 0.1) is 13.8 Å². The van der Waals surface area contributed by atoms with E-state index in [1.54, 1.807) is 16.4 Å². The van der Waals surface area contributed by atoms with Crippen LogP contribution in [0.2, 0.25) is 0 Å². The molecule has 0 aliphatic carbocycles. The molecular weight excluding hydrogens is 384 g/mol. The Kier molecular flexibility index (Phi) is 7.09. The Morgan fingerprint density at radius 3 is 2.21 bits per heavy atom. The summed E-state index contributed by atoms with van der Waals surface area (Å²) in [6.07, 6.45) is 4.70. The third-order valence-corrected chi connectivity index (χ3v) is 7.51. The van der Waals surface area contributed by atoms with E-state index in [0.29, 0.717) is 36.5 Å². The average Bonchev–Trinajstić information content (AvgIpc) is 3.00. The lowest BCUT2D eigenvalue weighted by atomic mass is 10.1. The van der Waals surface area contributed by atoms with Gasteiger partial charge >= 0.3 is 0 Å². The second kappa shape index (κ2) is 9.55. The number of hydrogen-bond acceptors (Lipinski definition) is 3. The standard InChI is InChI=1S/C23H30N2O3S/c1-18-7-10-21(17-19(18)2)23(26)24-14-13-20-8-11-22(12-9-20)29(27,28)25-15-5-3-4-6-16-25/h7-12,17H,3-6,13-16H2,1-2H3,(H,24,26). The number of amides is 1. The minimum atomic E-state index is -3.42. The topological polar surface area (TPSA) is 66.5 Å². The third-order valence-electron chi connectivity index (χ3n) is 5.59. The van der Waals surface area contributed by atoms with Crippen LogP contribution in [0.1, 0.15) is 52.7 Å². The first-order valence-electron chi connectivity index (χ1n) is 10.3. The lowest BCUT2D eigenvalue weighted by molar-refractivity contribution is 0.0954. The van der Waals surface area contributed by atoms with Gasteiger partial charge in [-0.1, -0.05) is 31.0 Å². The second-order valence-electron chi connectivity index (χ2n) is 7.77. The van der Waals surface area contributed by atoms with E-state index in [4.69, 9.17) is 0 Å². The fourth-order valence-corrected chi connectivity index (χ4v) is 5.08. The van der Waals surface area contributed by atoms with Gasteiger partial charge in [-0.3, -0.25) is 4.79 Å². The summed E-state index contributed by atoms with van der Waals surface area (Å²) in [4.78, 5) is 12.6. The van der Waals surface area contributed by atoms with Crippen LogP contribution in [0.5, 0.6) is 0 Å². The zero-order valence-corrected chi connectivity index (χ0v) is 18.1. The van der Waals surface area contributed by atoms with Crippen molar-refractivity contribution in [3.05, 3.63) is 64.7 Å². The maximum Gasteiger partial charge on any atom is 0.251 e. The minimum Gasteiger partial charge on any atom is -0.352 e. The summed E-state index contributed by atoms with van der Waals surface area (Å²) >= 11 is 0. The highest BCUT2D eigenvalue weighted by Gasteiger charge is 2.24. The molecule has 1 amide bonds. The van der Waals surface area contributed by atoms with E-state index in [9.17, 15) is 13.2 Å². The van der Waals surface area contributed by atoms with Crippen molar-refractivity contribution >= 4 is 15.9 Å². The van der Waals surface area contributed by atoms with E-state index in [0.717, 1.165) is 42.4 Å². The maximum absolute atomic E-state index is 12.8. The van der Waals surface area contributed by atoms with Crippen LogP contribution in [0.15, 0.2) is 47.4 Å². The molecule has 6 heteroatoms. The van der Waals surface area contributed by atoms with Gasteiger partial charge in [0.25, 0.3) is 5.91 Å². The Balaban J connectivity index is 1.56. The molecule has 156 valence electrons. The van der Waals surface area contributed by atoms with E-state index < -0.39 is 10.0 Å². The number of hydrogen-bond donors (Lipinski definition) is 1. The minimum absolute atomic E-state index is 0.0894. The highest BCUT2D eigenvalue weighted by Crippen LogP contribution is 2.20. The van der Waals surface area contributed by atoms with E-state index in [-0.39, 0.29) is 5.91 Å². The van der Waals surface area contributed by atoms with Gasteiger partial charge in [-0.2, -0.15) is 4.31 Å². The quantitative estimate of drug-likeness (QED) is 0.781. The molecule has 0 spiro atoms. The van der Waals surface area contributed by atoms with Gasteiger partial charge in [-0.25, -0.2) is 8.42 Å². The highest BCUT2D eigenvalue weighted by molar-refractivity contribution is 7.89. The molecule has 2 aromatic carbocycles. The van der Waals surface area contributed by atoms with Crippen LogP contribution < -0.4 is 5.32 Å². The van der Waals surface area contributed by atoms with Crippen molar-refractivity contribution in [2.75, 3.05) is 19.6 Å². The van der Waals surface area contributed by atoms with Crippen LogP contribution in [0.25, 0.3) is 0 Å². The molecule has 0 atom stereocenters. The van der Waals surface area contributed by atoms with Crippen molar-refractivity contribution in [2.45, 2.75) is 50.8 Å². The summed E-state index contributed by atoms with van der Waals surface area (Å²) in [7, 11) is -3.42. The van der Waals surface area contributed by atoms with Crippen LogP contribution in [0.4, 0.5) is 0 Å². The Hall–Kier alpha value is -2.18. The van der Waals surface area contributed by atoms with E-state index in [1.165, 1.54) is 0 Å². The third kappa shape index (κ3) is 5.46. The average molecular weight is 415 g/mol. The maximum atomic E-state index is 12.8. The van der Waals surface area contributed by atoms with Crippen molar-refractivity contribution < 1.29 is 13.2 Å². The van der Waals surface area contributed by atoms with Crippen LogP contribution in [-0.2, 0) is 16.4 Å². The van der Waals surface area contributed by atoms with E-state index in [2.05, 4.69) is 5.32 Å². The first-order valence-corrected chi connectivity index (χ1v) is 11.8. The number of aryl methyl sites for hydroxylation is 2. The summed E-state index contributed by atoms with van der Waals surface area (Å²) in [5.41, 5.74) is 3.92. The number of nitrogens with one attached hydrogen (secondary N) is 1. The molecule has 3 rings (SSSR count). The molecule has 1 N–H and O–H groups in total. The lowest BCUT2D eigenvalue weighted by Crippen LogP contribution is -2.31. The molecule has 1 aliphatic heterocycles. The fraction of sp³-hybridized carbons (Fsp3) is 0.435. The number of carbonyl (C=O) groups is 1. The van der Waals surface area contributed by atoms with Gasteiger partial charge < -0.3 is 5.32 Å². The molecule has 0 bridgehead atoms. The van der Waals surface area contributed by atoms with E-state index in [1.807, 2.05) is 44.2 Å². The first-order chi connectivity index (χ1) is 13.9. The van der Waals surface area contributed by atoms with Crippen LogP contribution in [-0.4, -0.2) is 38.3 Å². The van der Waals surface area contributed by atoms with Gasteiger partial charge in [-0.15, -0.1) is 0 Å². The van der Waals surface area contributed by atoms with Crippen LogP contribution >= 0.6 is 0 Å². The molecule has 0 radical (unpaired) electrons. The summed E-state index contributed by atoms with van der Waals surface area (Å²) < 4.78 is 27.3. The normalized spacial score (nSPS) is 15.7. The van der Waals surface area contributed by atoms with Crippen molar-refractivity contribution in [3.63, 3.8) is 0 Å². The lowest BCUT2D eigenvalue weighted by Gasteiger charge is -2.20. The monoisotopic (exact) mass is 414 g/mol. The summed E-state index contributed by atoms with van der Waals surface area (Å²) in [5.74, 6) is -0.0894. The van der Waals surface area contributed by atoms with Gasteiger partial charge in [-0.05, 0) is 74.1 Å². The zero-order valence-electron chi connectivity index (χ0n) is 17.3. The SMILES string of the molecule is Cc1ccc(C(=O)NCCc2ccc(S(=O)(=O)N3CCCCCC3)cc2)cc1C. The number of carbonyl (C=O) groups excluding carboxylic acids is 1. The first kappa shape index (κ1) is 21.5. The fourth-order valence-electron chi connectivity index (χ4n) is 3.56. The molecule has 2 aromatic rings. The van der Waals surface area contributed by atoms with Gasteiger partial charge in [0.1, 0.15) is 0 Å². The Morgan fingerprint density at radius 1 is 0.931 bits per heavy atom. The summed E-state index contributed by atoms with van der Waals surface area (Å²) in [5, 5.41) is 2.93. The molecule has 1 aliphatic rings. The van der Waals surface area contributed by atoms with Crippen molar-refractivity contribution in [3.8, 4) is 0 Å². The van der Waals surface area contributed by atoms with Crippen molar-refractivity contribution in [1.29, 1.82) is 0 Å². The highest BCUT2D eigenvalue weighted by atomic mass is 32.2. The molecule has 0 saturated carbocycles. The molecule has 0 unspecified atom stereocenters. The number of sulfonamides is 1. The number of nitrogens with zero attached hydrogens (tertiary/aromatic N) is 1. The molecule has 5 nitrogen and oxygen atoms in total. The smallest absolute Gasteiger partial charge is 0.251 e. The molecule has 1 saturated heterocycles. The van der Waals surface area contributed by atoms with Crippen molar-refractivity contribution in [1.82, 2.24) is 9.62 Å². The second-order valence-corrected chi connectivity index (χ2v) is 9.71. The van der Waals surface area contributed by atoms with Crippen LogP contribution in [0.3, 0.4) is 0 Å². The molecule has 1 heterocycles.